The number of hydrogen-bond acceptors (Lipinski definition) is 7. The Balaban J connectivity index is 1.39. The van der Waals surface area contributed by atoms with Crippen molar-refractivity contribution >= 4 is 23.4 Å². The van der Waals surface area contributed by atoms with Gasteiger partial charge in [0.05, 0.1) is 18.4 Å². The second kappa shape index (κ2) is 12.1. The van der Waals surface area contributed by atoms with Crippen LogP contribution in [0.4, 0.5) is 5.69 Å². The lowest BCUT2D eigenvalue weighted by Crippen LogP contribution is -2.15. The van der Waals surface area contributed by atoms with Gasteiger partial charge in [-0.15, -0.1) is 11.8 Å². The molecule has 0 saturated carbocycles. The highest BCUT2D eigenvalue weighted by molar-refractivity contribution is 7.99. The fourth-order valence-corrected chi connectivity index (χ4v) is 5.12. The molecular formula is C29H32N4O3S. The molecule has 0 fully saturated rings. The maximum atomic E-state index is 12.8. The van der Waals surface area contributed by atoms with Crippen molar-refractivity contribution < 1.29 is 14.1 Å². The van der Waals surface area contributed by atoms with Gasteiger partial charge in [-0.3, -0.25) is 4.79 Å². The SMILES string of the molecule is COc1ccc(NC(=O)Cc2ccc(-c3ccc(-c4noc(C)n4)cc3C)cc2)cc1SCCN(C)C. The van der Waals surface area contributed by atoms with Gasteiger partial charge in [0.2, 0.25) is 17.6 Å². The van der Waals surface area contributed by atoms with E-state index in [9.17, 15) is 4.79 Å². The molecule has 1 amide bonds. The Kier molecular flexibility index (Phi) is 8.63. The highest BCUT2D eigenvalue weighted by atomic mass is 32.2. The number of carbonyl (C=O) groups is 1. The predicted octanol–water partition coefficient (Wildman–Crippen LogP) is 5.86. The minimum atomic E-state index is -0.0573. The molecule has 37 heavy (non-hydrogen) atoms. The zero-order valence-corrected chi connectivity index (χ0v) is 22.7. The van der Waals surface area contributed by atoms with Crippen LogP contribution in [0.15, 0.2) is 70.1 Å². The number of nitrogens with zero attached hydrogens (tertiary/aromatic N) is 3. The fourth-order valence-electron chi connectivity index (χ4n) is 3.94. The molecule has 0 aliphatic heterocycles. The number of nitrogens with one attached hydrogen (secondary N) is 1. The normalized spacial score (nSPS) is 11.1. The van der Waals surface area contributed by atoms with E-state index in [2.05, 4.69) is 65.6 Å². The van der Waals surface area contributed by atoms with Crippen LogP contribution < -0.4 is 10.1 Å². The first-order valence-corrected chi connectivity index (χ1v) is 13.1. The fraction of sp³-hybridized carbons (Fsp3) is 0.276. The van der Waals surface area contributed by atoms with Gasteiger partial charge in [-0.25, -0.2) is 0 Å². The third-order valence-corrected chi connectivity index (χ3v) is 6.90. The first-order valence-electron chi connectivity index (χ1n) is 12.1. The van der Waals surface area contributed by atoms with Crippen molar-refractivity contribution in [2.24, 2.45) is 0 Å². The Morgan fingerprint density at radius 3 is 2.43 bits per heavy atom. The standard InChI is InChI=1S/C29H32N4O3S/c1-19-16-23(29-30-20(2)36-32-29)10-12-25(19)22-8-6-21(7-9-22)17-28(34)31-24-11-13-26(35-5)27(18-24)37-15-14-33(3)4/h6-13,16,18H,14-15,17H2,1-5H3,(H,31,34). The second-order valence-corrected chi connectivity index (χ2v) is 10.2. The van der Waals surface area contributed by atoms with Crippen LogP contribution in [0.3, 0.4) is 0 Å². The molecule has 0 aliphatic rings. The van der Waals surface area contributed by atoms with Crippen molar-refractivity contribution in [3.63, 3.8) is 0 Å². The molecule has 3 aromatic carbocycles. The van der Waals surface area contributed by atoms with Gasteiger partial charge in [0.15, 0.2) is 0 Å². The summed E-state index contributed by atoms with van der Waals surface area (Å²) in [4.78, 5) is 20.2. The Labute approximate surface area is 222 Å². The van der Waals surface area contributed by atoms with E-state index in [1.807, 2.05) is 36.4 Å². The van der Waals surface area contributed by atoms with Crippen molar-refractivity contribution in [3.8, 4) is 28.3 Å². The quantitative estimate of drug-likeness (QED) is 0.264. The molecule has 7 nitrogen and oxygen atoms in total. The lowest BCUT2D eigenvalue weighted by molar-refractivity contribution is -0.115. The Hall–Kier alpha value is -3.62. The smallest absolute Gasteiger partial charge is 0.228 e. The van der Waals surface area contributed by atoms with Crippen LogP contribution in [0, 0.1) is 13.8 Å². The zero-order valence-electron chi connectivity index (χ0n) is 21.9. The summed E-state index contributed by atoms with van der Waals surface area (Å²) in [7, 11) is 5.77. The number of carbonyl (C=O) groups excluding carboxylic acids is 1. The van der Waals surface area contributed by atoms with Gasteiger partial charge in [0, 0.05) is 30.5 Å². The first-order chi connectivity index (χ1) is 17.8. The number of amides is 1. The van der Waals surface area contributed by atoms with Crippen LogP contribution in [-0.4, -0.2) is 54.5 Å². The summed E-state index contributed by atoms with van der Waals surface area (Å²) in [5.41, 5.74) is 5.96. The number of benzene rings is 3. The van der Waals surface area contributed by atoms with Crippen molar-refractivity contribution in [2.75, 3.05) is 38.8 Å². The van der Waals surface area contributed by atoms with Crippen molar-refractivity contribution in [1.29, 1.82) is 0 Å². The number of rotatable bonds is 10. The Morgan fingerprint density at radius 2 is 1.78 bits per heavy atom. The summed E-state index contributed by atoms with van der Waals surface area (Å²) in [5, 5.41) is 7.02. The van der Waals surface area contributed by atoms with E-state index >= 15 is 0 Å². The summed E-state index contributed by atoms with van der Waals surface area (Å²) >= 11 is 1.72. The van der Waals surface area contributed by atoms with E-state index in [1.54, 1.807) is 25.8 Å². The number of aryl methyl sites for hydroxylation is 2. The van der Waals surface area contributed by atoms with E-state index in [0.717, 1.165) is 56.4 Å². The average molecular weight is 517 g/mol. The molecule has 8 heteroatoms. The summed E-state index contributed by atoms with van der Waals surface area (Å²) in [6, 6.07) is 20.0. The number of anilines is 1. The summed E-state index contributed by atoms with van der Waals surface area (Å²) < 4.78 is 10.6. The van der Waals surface area contributed by atoms with E-state index in [4.69, 9.17) is 9.26 Å². The van der Waals surface area contributed by atoms with Gasteiger partial charge < -0.3 is 19.5 Å². The molecule has 0 aliphatic carbocycles. The monoisotopic (exact) mass is 516 g/mol. The molecular weight excluding hydrogens is 484 g/mol. The average Bonchev–Trinajstić information content (AvgIpc) is 3.31. The Bertz CT molecular complexity index is 1370. The van der Waals surface area contributed by atoms with E-state index in [-0.39, 0.29) is 5.91 Å². The van der Waals surface area contributed by atoms with Crippen molar-refractivity contribution in [3.05, 3.63) is 77.7 Å². The molecule has 0 saturated heterocycles. The summed E-state index contributed by atoms with van der Waals surface area (Å²) in [5.74, 6) is 2.82. The lowest BCUT2D eigenvalue weighted by atomic mass is 9.97. The molecule has 0 spiro atoms. The third kappa shape index (κ3) is 6.99. The topological polar surface area (TPSA) is 80.5 Å². The highest BCUT2D eigenvalue weighted by Crippen LogP contribution is 2.32. The number of ether oxygens (including phenoxy) is 1. The molecule has 1 aromatic heterocycles. The molecule has 4 aromatic rings. The van der Waals surface area contributed by atoms with E-state index in [1.165, 1.54) is 0 Å². The number of aromatic nitrogens is 2. The largest absolute Gasteiger partial charge is 0.496 e. The van der Waals surface area contributed by atoms with Gasteiger partial charge >= 0.3 is 0 Å². The number of methoxy groups -OCH3 is 1. The predicted molar refractivity (Wildman–Crippen MR) is 149 cm³/mol. The maximum absolute atomic E-state index is 12.8. The Morgan fingerprint density at radius 1 is 1.03 bits per heavy atom. The third-order valence-electron chi connectivity index (χ3n) is 5.89. The molecule has 1 N–H and O–H groups in total. The zero-order chi connectivity index (χ0) is 26.4. The van der Waals surface area contributed by atoms with Gasteiger partial charge in [-0.2, -0.15) is 4.98 Å². The van der Waals surface area contributed by atoms with Gasteiger partial charge in [0.25, 0.3) is 0 Å². The van der Waals surface area contributed by atoms with Crippen molar-refractivity contribution in [2.45, 2.75) is 25.2 Å². The molecule has 4 rings (SSSR count). The maximum Gasteiger partial charge on any atom is 0.228 e. The molecule has 0 unspecified atom stereocenters. The minimum absolute atomic E-state index is 0.0573. The van der Waals surface area contributed by atoms with Crippen LogP contribution in [-0.2, 0) is 11.2 Å². The van der Waals surface area contributed by atoms with Crippen LogP contribution in [0.25, 0.3) is 22.5 Å². The second-order valence-electron chi connectivity index (χ2n) is 9.11. The van der Waals surface area contributed by atoms with Gasteiger partial charge in [-0.1, -0.05) is 41.6 Å². The molecule has 1 heterocycles. The van der Waals surface area contributed by atoms with Crippen molar-refractivity contribution in [1.82, 2.24) is 15.0 Å². The first kappa shape index (κ1) is 26.4. The number of hydrogen-bond donors (Lipinski definition) is 1. The molecule has 192 valence electrons. The molecule has 0 radical (unpaired) electrons. The summed E-state index contributed by atoms with van der Waals surface area (Å²) in [6.45, 7) is 4.80. The van der Waals surface area contributed by atoms with E-state index < -0.39 is 0 Å². The van der Waals surface area contributed by atoms with Crippen LogP contribution in [0.5, 0.6) is 5.75 Å². The van der Waals surface area contributed by atoms with E-state index in [0.29, 0.717) is 18.1 Å². The number of thioether (sulfide) groups is 1. The van der Waals surface area contributed by atoms with Crippen LogP contribution >= 0.6 is 11.8 Å². The highest BCUT2D eigenvalue weighted by Gasteiger charge is 2.11. The summed E-state index contributed by atoms with van der Waals surface area (Å²) in [6.07, 6.45) is 0.296. The van der Waals surface area contributed by atoms with Crippen LogP contribution in [0.1, 0.15) is 17.0 Å². The minimum Gasteiger partial charge on any atom is -0.496 e. The lowest BCUT2D eigenvalue weighted by Gasteiger charge is -2.13. The van der Waals surface area contributed by atoms with Gasteiger partial charge in [0.1, 0.15) is 5.75 Å². The van der Waals surface area contributed by atoms with Crippen LogP contribution in [0.2, 0.25) is 0 Å². The molecule has 0 bridgehead atoms. The molecule has 0 atom stereocenters. The van der Waals surface area contributed by atoms with Gasteiger partial charge in [-0.05, 0) is 67.5 Å².